The standard InChI is InChI=1S/C24H31ClF5N5O5S/c1-4-35-20(15-11-31-17(9-16(15)40-22(26)27)33-13(2)10-24(28,29)30)18(25)19(34-35)21(36)32-12-23(37)7-5-14(6-8-23)41(3,38)39/h9,11,13-14,22,37H,4-8,10,12H2,1-3H3,(H,31,33)(H,32,36)/t13-,14-,23+/m0/s1. The number of nitrogens with zero attached hydrogens (tertiary/aromatic N) is 3. The molecule has 3 rings (SSSR count). The minimum Gasteiger partial charge on any atom is -0.434 e. The fourth-order valence-corrected chi connectivity index (χ4v) is 6.09. The van der Waals surface area contributed by atoms with E-state index in [1.165, 1.54) is 11.6 Å². The van der Waals surface area contributed by atoms with Crippen LogP contribution in [0.1, 0.15) is 56.4 Å². The third kappa shape index (κ3) is 8.64. The number of alkyl halides is 5. The van der Waals surface area contributed by atoms with E-state index in [0.717, 1.165) is 18.5 Å². The summed E-state index contributed by atoms with van der Waals surface area (Å²) in [5, 5.41) is 19.2. The Kier molecular flexibility index (Phi) is 10.1. The molecule has 1 saturated carbocycles. The Hall–Kier alpha value is -2.72. The Morgan fingerprint density at radius 3 is 2.49 bits per heavy atom. The molecule has 1 aliphatic carbocycles. The molecule has 2 aromatic rings. The number of amides is 1. The maximum absolute atomic E-state index is 13.3. The lowest BCUT2D eigenvalue weighted by molar-refractivity contribution is -0.136. The third-order valence-corrected chi connectivity index (χ3v) is 8.77. The zero-order valence-corrected chi connectivity index (χ0v) is 24.0. The molecule has 1 fully saturated rings. The second kappa shape index (κ2) is 12.7. The number of anilines is 1. The van der Waals surface area contributed by atoms with Gasteiger partial charge in [-0.25, -0.2) is 13.4 Å². The van der Waals surface area contributed by atoms with Crippen LogP contribution in [0.5, 0.6) is 5.75 Å². The minimum absolute atomic E-state index is 0.00438. The summed E-state index contributed by atoms with van der Waals surface area (Å²) in [6, 6.07) is -0.121. The maximum atomic E-state index is 13.3. The van der Waals surface area contributed by atoms with Crippen LogP contribution in [0.2, 0.25) is 5.02 Å². The summed E-state index contributed by atoms with van der Waals surface area (Å²) in [6.45, 7) is -0.471. The van der Waals surface area contributed by atoms with Gasteiger partial charge in [-0.1, -0.05) is 11.6 Å². The number of hydrogen-bond donors (Lipinski definition) is 3. The number of carbonyl (C=O) groups is 1. The molecule has 0 spiro atoms. The average Bonchev–Trinajstić information content (AvgIpc) is 3.17. The van der Waals surface area contributed by atoms with E-state index in [-0.39, 0.29) is 66.6 Å². The van der Waals surface area contributed by atoms with Crippen LogP contribution in [-0.4, -0.2) is 76.7 Å². The summed E-state index contributed by atoms with van der Waals surface area (Å²) in [5.74, 6) is -1.39. The van der Waals surface area contributed by atoms with Gasteiger partial charge in [0.15, 0.2) is 5.69 Å². The number of nitrogens with one attached hydrogen (secondary N) is 2. The Morgan fingerprint density at radius 1 is 1.32 bits per heavy atom. The van der Waals surface area contributed by atoms with Crippen LogP contribution in [0.3, 0.4) is 0 Å². The van der Waals surface area contributed by atoms with Gasteiger partial charge in [-0.3, -0.25) is 9.48 Å². The van der Waals surface area contributed by atoms with Gasteiger partial charge in [-0.05, 0) is 39.5 Å². The Bertz CT molecular complexity index is 1350. The van der Waals surface area contributed by atoms with Gasteiger partial charge in [0.2, 0.25) is 0 Å². The van der Waals surface area contributed by atoms with Crippen molar-refractivity contribution in [2.75, 3.05) is 18.1 Å². The lowest BCUT2D eigenvalue weighted by atomic mass is 9.84. The molecule has 1 atom stereocenters. The number of carbonyl (C=O) groups excluding carboxylic acids is 1. The van der Waals surface area contributed by atoms with Gasteiger partial charge in [0, 0.05) is 37.7 Å². The fourth-order valence-electron chi connectivity index (χ4n) is 4.67. The first-order valence-electron chi connectivity index (χ1n) is 12.7. The SMILES string of the molecule is CCn1nc(C(=O)NC[C@]2(O)CC[C@@H](S(C)(=O)=O)CC2)c(Cl)c1-c1cnc(N[C@@H](C)CC(F)(F)F)cc1OC(F)F. The molecule has 0 aromatic carbocycles. The molecule has 41 heavy (non-hydrogen) atoms. The van der Waals surface area contributed by atoms with Crippen LogP contribution >= 0.6 is 11.6 Å². The first-order valence-corrected chi connectivity index (χ1v) is 15.0. The summed E-state index contributed by atoms with van der Waals surface area (Å²) in [7, 11) is -3.25. The van der Waals surface area contributed by atoms with Crippen molar-refractivity contribution in [2.45, 2.75) is 82.2 Å². The van der Waals surface area contributed by atoms with E-state index in [1.54, 1.807) is 6.92 Å². The van der Waals surface area contributed by atoms with Gasteiger partial charge in [0.25, 0.3) is 5.91 Å². The zero-order valence-electron chi connectivity index (χ0n) is 22.4. The predicted octanol–water partition coefficient (Wildman–Crippen LogP) is 4.42. The van der Waals surface area contributed by atoms with E-state index in [2.05, 4.69) is 25.5 Å². The monoisotopic (exact) mass is 631 g/mol. The topological polar surface area (TPSA) is 135 Å². The van der Waals surface area contributed by atoms with Gasteiger partial charge in [0.05, 0.1) is 33.6 Å². The fraction of sp³-hybridized carbons (Fsp3) is 0.625. The van der Waals surface area contributed by atoms with Gasteiger partial charge in [0.1, 0.15) is 21.4 Å². The summed E-state index contributed by atoms with van der Waals surface area (Å²) in [4.78, 5) is 17.0. The molecule has 0 radical (unpaired) electrons. The number of ether oxygens (including phenoxy) is 1. The van der Waals surface area contributed by atoms with E-state index in [1.807, 2.05) is 0 Å². The lowest BCUT2D eigenvalue weighted by Crippen LogP contribution is -2.47. The second-order valence-electron chi connectivity index (χ2n) is 10.1. The van der Waals surface area contributed by atoms with Crippen LogP contribution in [0.15, 0.2) is 12.3 Å². The van der Waals surface area contributed by atoms with Crippen LogP contribution in [0.25, 0.3) is 11.3 Å². The van der Waals surface area contributed by atoms with Crippen molar-refractivity contribution < 1.29 is 45.0 Å². The minimum atomic E-state index is -4.46. The van der Waals surface area contributed by atoms with E-state index in [4.69, 9.17) is 11.6 Å². The number of aliphatic hydroxyl groups is 1. The molecule has 0 aliphatic heterocycles. The van der Waals surface area contributed by atoms with Crippen molar-refractivity contribution in [1.29, 1.82) is 0 Å². The van der Waals surface area contributed by atoms with Crippen LogP contribution < -0.4 is 15.4 Å². The van der Waals surface area contributed by atoms with Crippen LogP contribution in [-0.2, 0) is 16.4 Å². The summed E-state index contributed by atoms with van der Waals surface area (Å²) < 4.78 is 94.1. The quantitative estimate of drug-likeness (QED) is 0.310. The Morgan fingerprint density at radius 2 is 1.95 bits per heavy atom. The van der Waals surface area contributed by atoms with E-state index in [9.17, 15) is 40.3 Å². The Balaban J connectivity index is 1.84. The largest absolute Gasteiger partial charge is 0.434 e. The number of pyridine rings is 1. The number of halogens is 6. The predicted molar refractivity (Wildman–Crippen MR) is 141 cm³/mol. The highest BCUT2D eigenvalue weighted by Gasteiger charge is 2.37. The molecule has 230 valence electrons. The zero-order chi connectivity index (χ0) is 30.8. The van der Waals surface area contributed by atoms with Crippen molar-refractivity contribution in [3.8, 4) is 17.0 Å². The number of aromatic nitrogens is 3. The lowest BCUT2D eigenvalue weighted by Gasteiger charge is -2.35. The molecular weight excluding hydrogens is 601 g/mol. The van der Waals surface area contributed by atoms with Gasteiger partial charge >= 0.3 is 12.8 Å². The molecule has 1 aliphatic rings. The highest BCUT2D eigenvalue weighted by molar-refractivity contribution is 7.91. The van der Waals surface area contributed by atoms with E-state index in [0.29, 0.717) is 0 Å². The molecule has 3 N–H and O–H groups in total. The molecule has 2 aromatic heterocycles. The molecule has 10 nitrogen and oxygen atoms in total. The smallest absolute Gasteiger partial charge is 0.391 e. The third-order valence-electron chi connectivity index (χ3n) is 6.73. The molecule has 2 heterocycles. The van der Waals surface area contributed by atoms with Crippen molar-refractivity contribution in [1.82, 2.24) is 20.1 Å². The summed E-state index contributed by atoms with van der Waals surface area (Å²) in [6.07, 6.45) is -2.68. The number of hydrogen-bond acceptors (Lipinski definition) is 8. The highest BCUT2D eigenvalue weighted by Crippen LogP contribution is 2.39. The van der Waals surface area contributed by atoms with Crippen molar-refractivity contribution in [2.24, 2.45) is 0 Å². The molecular formula is C24H31ClF5N5O5S. The van der Waals surface area contributed by atoms with E-state index < -0.39 is 57.6 Å². The van der Waals surface area contributed by atoms with Crippen LogP contribution in [0.4, 0.5) is 27.8 Å². The average molecular weight is 632 g/mol. The normalized spacial score (nSPS) is 20.6. The van der Waals surface area contributed by atoms with Crippen LogP contribution in [0, 0.1) is 0 Å². The van der Waals surface area contributed by atoms with Gasteiger partial charge in [-0.15, -0.1) is 0 Å². The number of rotatable bonds is 11. The van der Waals surface area contributed by atoms with Gasteiger partial charge in [-0.2, -0.15) is 27.1 Å². The second-order valence-corrected chi connectivity index (χ2v) is 12.8. The summed E-state index contributed by atoms with van der Waals surface area (Å²) >= 11 is 6.48. The van der Waals surface area contributed by atoms with Crippen molar-refractivity contribution in [3.05, 3.63) is 23.0 Å². The van der Waals surface area contributed by atoms with Gasteiger partial charge < -0.3 is 20.5 Å². The Labute approximate surface area is 238 Å². The van der Waals surface area contributed by atoms with E-state index >= 15 is 0 Å². The molecule has 0 saturated heterocycles. The maximum Gasteiger partial charge on any atom is 0.391 e. The number of aryl methyl sites for hydroxylation is 1. The first kappa shape index (κ1) is 32.8. The molecule has 0 bridgehead atoms. The van der Waals surface area contributed by atoms with Crippen molar-refractivity contribution in [3.63, 3.8) is 0 Å². The first-order chi connectivity index (χ1) is 18.9. The molecule has 17 heteroatoms. The molecule has 1 amide bonds. The number of sulfone groups is 1. The van der Waals surface area contributed by atoms with Crippen molar-refractivity contribution >= 4 is 33.2 Å². The highest BCUT2D eigenvalue weighted by atomic mass is 35.5. The summed E-state index contributed by atoms with van der Waals surface area (Å²) in [5.41, 5.74) is -1.70. The molecule has 0 unspecified atom stereocenters.